The Bertz CT molecular complexity index is 638. The highest BCUT2D eigenvalue weighted by Crippen LogP contribution is 2.39. The van der Waals surface area contributed by atoms with Gasteiger partial charge in [-0.2, -0.15) is 5.10 Å². The summed E-state index contributed by atoms with van der Waals surface area (Å²) >= 11 is 0. The largest absolute Gasteiger partial charge is 0.342 e. The first-order valence-corrected chi connectivity index (χ1v) is 10.5. The first-order chi connectivity index (χ1) is 12.5. The van der Waals surface area contributed by atoms with E-state index in [0.29, 0.717) is 11.3 Å². The standard InChI is InChI=1S/C21H36N4O/c1-5-7-13-24-16-21(11-9-20(24)26)10-8-12-23(15-21)14-19-17(3)22-25(6-2)18(19)4/h5-16H2,1-4H3. The lowest BCUT2D eigenvalue weighted by Gasteiger charge is -2.48. The van der Waals surface area contributed by atoms with Crippen LogP contribution in [0.2, 0.25) is 0 Å². The molecule has 0 bridgehead atoms. The van der Waals surface area contributed by atoms with Crippen LogP contribution in [0.5, 0.6) is 0 Å². The van der Waals surface area contributed by atoms with Gasteiger partial charge in [0.05, 0.1) is 5.69 Å². The van der Waals surface area contributed by atoms with E-state index in [4.69, 9.17) is 5.10 Å². The molecule has 1 aromatic rings. The third-order valence-electron chi connectivity index (χ3n) is 6.48. The van der Waals surface area contributed by atoms with Crippen molar-refractivity contribution in [3.63, 3.8) is 0 Å². The highest BCUT2D eigenvalue weighted by atomic mass is 16.2. The van der Waals surface area contributed by atoms with Crippen molar-refractivity contribution in [1.29, 1.82) is 0 Å². The van der Waals surface area contributed by atoms with Crippen molar-refractivity contribution in [1.82, 2.24) is 19.6 Å². The molecule has 1 spiro atoms. The topological polar surface area (TPSA) is 41.4 Å². The quantitative estimate of drug-likeness (QED) is 0.779. The van der Waals surface area contributed by atoms with Crippen molar-refractivity contribution < 1.29 is 4.79 Å². The number of hydrogen-bond acceptors (Lipinski definition) is 3. The van der Waals surface area contributed by atoms with Gasteiger partial charge in [-0.3, -0.25) is 14.4 Å². The Balaban J connectivity index is 1.69. The Kier molecular flexibility index (Phi) is 6.06. The first kappa shape index (κ1) is 19.4. The highest BCUT2D eigenvalue weighted by Gasteiger charge is 2.41. The number of hydrogen-bond donors (Lipinski definition) is 0. The number of piperidine rings is 2. The number of aryl methyl sites for hydroxylation is 2. The summed E-state index contributed by atoms with van der Waals surface area (Å²) in [7, 11) is 0. The molecule has 3 heterocycles. The number of aromatic nitrogens is 2. The molecular weight excluding hydrogens is 324 g/mol. The van der Waals surface area contributed by atoms with Gasteiger partial charge in [0, 0.05) is 55.8 Å². The molecule has 1 amide bonds. The third-order valence-corrected chi connectivity index (χ3v) is 6.48. The second kappa shape index (κ2) is 8.12. The molecule has 146 valence electrons. The molecule has 5 heteroatoms. The van der Waals surface area contributed by atoms with E-state index in [0.717, 1.165) is 58.4 Å². The van der Waals surface area contributed by atoms with E-state index >= 15 is 0 Å². The van der Waals surface area contributed by atoms with Crippen LogP contribution >= 0.6 is 0 Å². The summed E-state index contributed by atoms with van der Waals surface area (Å²) in [5, 5.41) is 4.69. The van der Waals surface area contributed by atoms with E-state index in [1.807, 2.05) is 0 Å². The van der Waals surface area contributed by atoms with E-state index in [2.05, 4.69) is 42.2 Å². The van der Waals surface area contributed by atoms with Gasteiger partial charge in [-0.25, -0.2) is 0 Å². The predicted octanol–water partition coefficient (Wildman–Crippen LogP) is 3.52. The molecule has 0 aromatic carbocycles. The van der Waals surface area contributed by atoms with Crippen LogP contribution in [0.1, 0.15) is 69.3 Å². The smallest absolute Gasteiger partial charge is 0.222 e. The normalized spacial score (nSPS) is 24.6. The van der Waals surface area contributed by atoms with Crippen LogP contribution in [0.15, 0.2) is 0 Å². The summed E-state index contributed by atoms with van der Waals surface area (Å²) in [6.07, 6.45) is 6.60. The average Bonchev–Trinajstić information content (AvgIpc) is 2.90. The van der Waals surface area contributed by atoms with Gasteiger partial charge in [0.25, 0.3) is 0 Å². The molecule has 5 nitrogen and oxygen atoms in total. The Morgan fingerprint density at radius 1 is 1.15 bits per heavy atom. The summed E-state index contributed by atoms with van der Waals surface area (Å²) < 4.78 is 2.12. The zero-order valence-corrected chi connectivity index (χ0v) is 17.2. The van der Waals surface area contributed by atoms with Crippen LogP contribution in [-0.4, -0.2) is 51.7 Å². The van der Waals surface area contributed by atoms with Crippen molar-refractivity contribution in [3.8, 4) is 0 Å². The van der Waals surface area contributed by atoms with Crippen LogP contribution in [0.3, 0.4) is 0 Å². The Morgan fingerprint density at radius 3 is 2.65 bits per heavy atom. The maximum absolute atomic E-state index is 12.3. The van der Waals surface area contributed by atoms with Gasteiger partial charge in [-0.1, -0.05) is 13.3 Å². The second-order valence-corrected chi connectivity index (χ2v) is 8.45. The van der Waals surface area contributed by atoms with Crippen LogP contribution in [-0.2, 0) is 17.9 Å². The lowest BCUT2D eigenvalue weighted by atomic mass is 9.73. The van der Waals surface area contributed by atoms with Crippen LogP contribution in [0.25, 0.3) is 0 Å². The number of likely N-dealkylation sites (tertiary alicyclic amines) is 2. The number of carbonyl (C=O) groups excluding carboxylic acids is 1. The minimum atomic E-state index is 0.308. The van der Waals surface area contributed by atoms with Gasteiger partial charge in [0.15, 0.2) is 0 Å². The summed E-state index contributed by atoms with van der Waals surface area (Å²) in [4.78, 5) is 17.1. The molecule has 0 aliphatic carbocycles. The lowest BCUT2D eigenvalue weighted by Crippen LogP contribution is -2.54. The number of unbranched alkanes of at least 4 members (excludes halogenated alkanes) is 1. The Morgan fingerprint density at radius 2 is 1.96 bits per heavy atom. The Labute approximate surface area is 158 Å². The molecule has 26 heavy (non-hydrogen) atoms. The minimum Gasteiger partial charge on any atom is -0.342 e. The minimum absolute atomic E-state index is 0.308. The molecule has 0 N–H and O–H groups in total. The van der Waals surface area contributed by atoms with Gasteiger partial charge in [-0.05, 0) is 53.0 Å². The highest BCUT2D eigenvalue weighted by molar-refractivity contribution is 5.77. The van der Waals surface area contributed by atoms with Crippen molar-refractivity contribution in [2.24, 2.45) is 5.41 Å². The molecule has 2 saturated heterocycles. The van der Waals surface area contributed by atoms with Crippen LogP contribution in [0, 0.1) is 19.3 Å². The molecule has 2 aliphatic heterocycles. The molecule has 2 fully saturated rings. The zero-order valence-electron chi connectivity index (χ0n) is 17.2. The van der Waals surface area contributed by atoms with Crippen LogP contribution in [0.4, 0.5) is 0 Å². The zero-order chi connectivity index (χ0) is 18.7. The first-order valence-electron chi connectivity index (χ1n) is 10.5. The van der Waals surface area contributed by atoms with Crippen molar-refractivity contribution in [2.75, 3.05) is 26.2 Å². The molecule has 2 aliphatic rings. The summed E-state index contributed by atoms with van der Waals surface area (Å²) in [5.41, 5.74) is 4.20. The van der Waals surface area contributed by atoms with E-state index in [-0.39, 0.29) is 0 Å². The van der Waals surface area contributed by atoms with E-state index < -0.39 is 0 Å². The molecule has 1 atom stereocenters. The number of rotatable bonds is 6. The second-order valence-electron chi connectivity index (χ2n) is 8.45. The lowest BCUT2D eigenvalue weighted by molar-refractivity contribution is -0.139. The van der Waals surface area contributed by atoms with Gasteiger partial charge in [0.1, 0.15) is 0 Å². The van der Waals surface area contributed by atoms with E-state index in [9.17, 15) is 4.79 Å². The van der Waals surface area contributed by atoms with Crippen molar-refractivity contribution in [2.45, 2.75) is 79.3 Å². The molecule has 0 radical (unpaired) electrons. The van der Waals surface area contributed by atoms with Crippen molar-refractivity contribution >= 4 is 5.91 Å². The summed E-state index contributed by atoms with van der Waals surface area (Å²) in [6, 6.07) is 0. The molecule has 3 rings (SSSR count). The number of amides is 1. The number of nitrogens with zero attached hydrogens (tertiary/aromatic N) is 4. The van der Waals surface area contributed by atoms with Crippen LogP contribution < -0.4 is 0 Å². The molecule has 1 unspecified atom stereocenters. The molecular formula is C21H36N4O. The van der Waals surface area contributed by atoms with Gasteiger partial charge < -0.3 is 4.90 Å². The maximum atomic E-state index is 12.3. The Hall–Kier alpha value is -1.36. The molecule has 1 aromatic heterocycles. The monoisotopic (exact) mass is 360 g/mol. The molecule has 0 saturated carbocycles. The summed E-state index contributed by atoms with van der Waals surface area (Å²) in [6.45, 7) is 14.8. The van der Waals surface area contributed by atoms with Gasteiger partial charge in [0.2, 0.25) is 5.91 Å². The van der Waals surface area contributed by atoms with E-state index in [1.54, 1.807) is 0 Å². The van der Waals surface area contributed by atoms with Gasteiger partial charge >= 0.3 is 0 Å². The SMILES string of the molecule is CCCCN1CC2(CCCN(Cc3c(C)nn(CC)c3C)C2)CCC1=O. The fourth-order valence-corrected chi connectivity index (χ4v) is 4.93. The third kappa shape index (κ3) is 3.98. The van der Waals surface area contributed by atoms with E-state index in [1.165, 1.54) is 36.3 Å². The fraction of sp³-hybridized carbons (Fsp3) is 0.810. The predicted molar refractivity (Wildman–Crippen MR) is 105 cm³/mol. The van der Waals surface area contributed by atoms with Crippen molar-refractivity contribution in [3.05, 3.63) is 17.0 Å². The summed E-state index contributed by atoms with van der Waals surface area (Å²) in [5.74, 6) is 0.372. The van der Waals surface area contributed by atoms with Gasteiger partial charge in [-0.15, -0.1) is 0 Å². The number of carbonyl (C=O) groups is 1. The maximum Gasteiger partial charge on any atom is 0.222 e. The average molecular weight is 361 g/mol. The fourth-order valence-electron chi connectivity index (χ4n) is 4.93.